The first kappa shape index (κ1) is 23.9. The molecule has 2 aliphatic heterocycles. The van der Waals surface area contributed by atoms with Crippen LogP contribution in [0.3, 0.4) is 0 Å². The van der Waals surface area contributed by atoms with E-state index < -0.39 is 0 Å². The third-order valence-electron chi connectivity index (χ3n) is 6.55. The van der Waals surface area contributed by atoms with E-state index in [1.807, 2.05) is 19.3 Å². The topological polar surface area (TPSA) is 53.0 Å². The van der Waals surface area contributed by atoms with Gasteiger partial charge in [0.2, 0.25) is 0 Å². The molecule has 1 aromatic heterocycles. The van der Waals surface area contributed by atoms with E-state index in [-0.39, 0.29) is 30.1 Å². The molecule has 2 unspecified atom stereocenters. The molecule has 2 aromatic carbocycles. The van der Waals surface area contributed by atoms with Crippen LogP contribution >= 0.6 is 24.0 Å². The molecule has 3 aromatic rings. The van der Waals surface area contributed by atoms with Gasteiger partial charge in [0, 0.05) is 51.4 Å². The number of ether oxygens (including phenoxy) is 1. The van der Waals surface area contributed by atoms with Crippen molar-refractivity contribution in [1.29, 1.82) is 0 Å². The maximum atomic E-state index is 6.14. The summed E-state index contributed by atoms with van der Waals surface area (Å²) in [4.78, 5) is 14.1. The number of fused-ring (bicyclic) bond motifs is 2. The molecule has 0 aliphatic carbocycles. The van der Waals surface area contributed by atoms with Gasteiger partial charge in [0.15, 0.2) is 5.96 Å². The second-order valence-corrected chi connectivity index (χ2v) is 8.55. The molecule has 6 nitrogen and oxygen atoms in total. The highest BCUT2D eigenvalue weighted by Crippen LogP contribution is 2.25. The fourth-order valence-electron chi connectivity index (χ4n) is 4.96. The summed E-state index contributed by atoms with van der Waals surface area (Å²) in [5, 5.41) is 4.76. The van der Waals surface area contributed by atoms with Crippen molar-refractivity contribution in [3.8, 4) is 0 Å². The molecule has 174 valence electrons. The van der Waals surface area contributed by atoms with Crippen LogP contribution in [0.15, 0.2) is 71.9 Å². The lowest BCUT2D eigenvalue weighted by molar-refractivity contribution is -0.0502. The van der Waals surface area contributed by atoms with E-state index in [4.69, 9.17) is 4.74 Å². The summed E-state index contributed by atoms with van der Waals surface area (Å²) in [6, 6.07) is 21.6. The van der Waals surface area contributed by atoms with Crippen molar-refractivity contribution in [2.45, 2.75) is 25.1 Å². The molecule has 0 amide bonds. The van der Waals surface area contributed by atoms with E-state index in [0.717, 1.165) is 57.2 Å². The van der Waals surface area contributed by atoms with Gasteiger partial charge in [-0.15, -0.1) is 24.0 Å². The molecule has 0 radical (unpaired) electrons. The Bertz CT molecular complexity index is 1070. The number of rotatable bonds is 5. The van der Waals surface area contributed by atoms with Gasteiger partial charge in [-0.2, -0.15) is 0 Å². The highest BCUT2D eigenvalue weighted by molar-refractivity contribution is 14.0. The number of morpholine rings is 1. The molecule has 5 rings (SSSR count). The number of aliphatic imine (C=N–C) groups is 1. The fraction of sp³-hybridized carbons (Fsp3) is 0.385. The van der Waals surface area contributed by atoms with Gasteiger partial charge in [-0.25, -0.2) is 0 Å². The van der Waals surface area contributed by atoms with Crippen LogP contribution in [0.4, 0.5) is 0 Å². The van der Waals surface area contributed by atoms with Gasteiger partial charge >= 0.3 is 0 Å². The number of hydrogen-bond acceptors (Lipinski definition) is 4. The number of nitrogens with one attached hydrogen (secondary N) is 1. The maximum absolute atomic E-state index is 6.14. The molecule has 1 N–H and O–H groups in total. The van der Waals surface area contributed by atoms with Crippen LogP contribution < -0.4 is 5.32 Å². The third-order valence-corrected chi connectivity index (χ3v) is 6.55. The zero-order chi connectivity index (χ0) is 21.8. The number of para-hydroxylation sites is 1. The summed E-state index contributed by atoms with van der Waals surface area (Å²) < 4.78 is 6.14. The Morgan fingerprint density at radius 2 is 1.94 bits per heavy atom. The molecule has 0 spiro atoms. The molecular formula is C26H32IN5O. The van der Waals surface area contributed by atoms with Gasteiger partial charge < -0.3 is 15.0 Å². The van der Waals surface area contributed by atoms with Crippen LogP contribution in [0.5, 0.6) is 0 Å². The second kappa shape index (κ2) is 11.3. The molecule has 3 heterocycles. The maximum Gasteiger partial charge on any atom is 0.193 e. The summed E-state index contributed by atoms with van der Waals surface area (Å²) in [7, 11) is 1.87. The monoisotopic (exact) mass is 557 g/mol. The van der Waals surface area contributed by atoms with Gasteiger partial charge in [0.25, 0.3) is 0 Å². The molecule has 2 saturated heterocycles. The molecule has 0 bridgehead atoms. The standard InChI is InChI=1S/C26H31N5O.HI/c1-27-26(29-14-12-22-10-5-9-21-11-6-13-28-25(21)22)31-18-23-24(19-31)32-16-15-30(23)17-20-7-3-2-4-8-20;/h2-11,13,23-24H,12,14-19H2,1H3,(H,27,29);1H. The number of guanidine groups is 1. The normalized spacial score (nSPS) is 21.0. The van der Waals surface area contributed by atoms with Crippen molar-refractivity contribution in [2.24, 2.45) is 4.99 Å². The van der Waals surface area contributed by atoms with Gasteiger partial charge in [-0.3, -0.25) is 14.9 Å². The van der Waals surface area contributed by atoms with Gasteiger partial charge in [-0.1, -0.05) is 54.6 Å². The minimum atomic E-state index is 0. The summed E-state index contributed by atoms with van der Waals surface area (Å²) in [6.07, 6.45) is 3.00. The van der Waals surface area contributed by atoms with Crippen molar-refractivity contribution in [2.75, 3.05) is 39.8 Å². The lowest BCUT2D eigenvalue weighted by Gasteiger charge is -2.36. The van der Waals surface area contributed by atoms with Gasteiger partial charge in [0.05, 0.1) is 24.3 Å². The van der Waals surface area contributed by atoms with Crippen LogP contribution in [0.25, 0.3) is 10.9 Å². The Labute approximate surface area is 213 Å². The molecule has 7 heteroatoms. The van der Waals surface area contributed by atoms with Crippen LogP contribution in [0.1, 0.15) is 11.1 Å². The first-order chi connectivity index (χ1) is 15.8. The molecule has 0 saturated carbocycles. The van der Waals surface area contributed by atoms with Crippen LogP contribution in [-0.2, 0) is 17.7 Å². The molecule has 2 aliphatic rings. The smallest absolute Gasteiger partial charge is 0.193 e. The first-order valence-corrected chi connectivity index (χ1v) is 11.5. The van der Waals surface area contributed by atoms with Crippen LogP contribution in [0, 0.1) is 0 Å². The minimum absolute atomic E-state index is 0. The highest BCUT2D eigenvalue weighted by atomic mass is 127. The Balaban J connectivity index is 0.00000259. The van der Waals surface area contributed by atoms with E-state index in [9.17, 15) is 0 Å². The van der Waals surface area contributed by atoms with Crippen molar-refractivity contribution >= 4 is 40.8 Å². The Morgan fingerprint density at radius 3 is 2.79 bits per heavy atom. The van der Waals surface area contributed by atoms with Crippen molar-refractivity contribution in [3.63, 3.8) is 0 Å². The zero-order valence-corrected chi connectivity index (χ0v) is 21.4. The number of halogens is 1. The summed E-state index contributed by atoms with van der Waals surface area (Å²) in [6.45, 7) is 5.38. The Morgan fingerprint density at radius 1 is 1.09 bits per heavy atom. The van der Waals surface area contributed by atoms with Gasteiger partial charge in [0.1, 0.15) is 0 Å². The second-order valence-electron chi connectivity index (χ2n) is 8.55. The van der Waals surface area contributed by atoms with Gasteiger partial charge in [-0.05, 0) is 23.6 Å². The zero-order valence-electron chi connectivity index (χ0n) is 19.1. The fourth-order valence-corrected chi connectivity index (χ4v) is 4.96. The van der Waals surface area contributed by atoms with E-state index >= 15 is 0 Å². The average molecular weight is 557 g/mol. The van der Waals surface area contributed by atoms with Crippen molar-refractivity contribution in [1.82, 2.24) is 20.1 Å². The summed E-state index contributed by atoms with van der Waals surface area (Å²) in [5.41, 5.74) is 3.71. The Kier molecular flexibility index (Phi) is 8.16. The van der Waals surface area contributed by atoms with Crippen LogP contribution in [0.2, 0.25) is 0 Å². The predicted molar refractivity (Wildman–Crippen MR) is 144 cm³/mol. The highest BCUT2D eigenvalue weighted by Gasteiger charge is 2.41. The van der Waals surface area contributed by atoms with E-state index in [0.29, 0.717) is 6.04 Å². The number of pyridine rings is 1. The van der Waals surface area contributed by atoms with E-state index in [1.165, 1.54) is 16.5 Å². The molecular weight excluding hydrogens is 525 g/mol. The van der Waals surface area contributed by atoms with E-state index in [2.05, 4.69) is 79.7 Å². The third kappa shape index (κ3) is 5.47. The summed E-state index contributed by atoms with van der Waals surface area (Å²) >= 11 is 0. The molecule has 2 fully saturated rings. The van der Waals surface area contributed by atoms with Crippen molar-refractivity contribution < 1.29 is 4.74 Å². The first-order valence-electron chi connectivity index (χ1n) is 11.5. The minimum Gasteiger partial charge on any atom is -0.373 e. The quantitative estimate of drug-likeness (QED) is 0.296. The molecule has 33 heavy (non-hydrogen) atoms. The number of hydrogen-bond donors (Lipinski definition) is 1. The summed E-state index contributed by atoms with van der Waals surface area (Å²) in [5.74, 6) is 0.954. The lowest BCUT2D eigenvalue weighted by Crippen LogP contribution is -2.50. The number of nitrogens with zero attached hydrogens (tertiary/aromatic N) is 4. The van der Waals surface area contributed by atoms with E-state index in [1.54, 1.807) is 0 Å². The number of aromatic nitrogens is 1. The van der Waals surface area contributed by atoms with Crippen molar-refractivity contribution in [3.05, 3.63) is 78.0 Å². The predicted octanol–water partition coefficient (Wildman–Crippen LogP) is 3.56. The lowest BCUT2D eigenvalue weighted by atomic mass is 10.1. The van der Waals surface area contributed by atoms with Crippen LogP contribution in [-0.4, -0.2) is 72.7 Å². The average Bonchev–Trinajstić information content (AvgIpc) is 3.28. The number of likely N-dealkylation sites (tertiary alicyclic amines) is 1. The SMILES string of the molecule is CN=C(NCCc1cccc2cccnc12)N1CC2OCCN(Cc3ccccc3)C2C1.I. The largest absolute Gasteiger partial charge is 0.373 e. The molecule has 2 atom stereocenters. The number of benzene rings is 2. The Hall–Kier alpha value is -2.23.